The van der Waals surface area contributed by atoms with Crippen molar-refractivity contribution in [2.45, 2.75) is 18.9 Å². The molecule has 5 nitrogen and oxygen atoms in total. The first kappa shape index (κ1) is 19.6. The zero-order valence-corrected chi connectivity index (χ0v) is 16.8. The summed E-state index contributed by atoms with van der Waals surface area (Å²) in [6.07, 6.45) is 2.43. The number of nitrogens with zero attached hydrogens (tertiary/aromatic N) is 3. The van der Waals surface area contributed by atoms with Crippen molar-refractivity contribution in [2.75, 3.05) is 19.7 Å². The van der Waals surface area contributed by atoms with Gasteiger partial charge in [-0.3, -0.25) is 14.8 Å². The maximum Gasteiger partial charge on any atom is 0.228 e. The van der Waals surface area contributed by atoms with Crippen molar-refractivity contribution in [3.8, 4) is 0 Å². The fourth-order valence-electron chi connectivity index (χ4n) is 3.44. The molecule has 4 rings (SSSR count). The fourth-order valence-corrected chi connectivity index (χ4v) is 3.64. The lowest BCUT2D eigenvalue weighted by atomic mass is 10.1. The summed E-state index contributed by atoms with van der Waals surface area (Å²) in [5.41, 5.74) is 3.58. The Morgan fingerprint density at radius 3 is 2.72 bits per heavy atom. The van der Waals surface area contributed by atoms with E-state index in [4.69, 9.17) is 21.3 Å². The van der Waals surface area contributed by atoms with Crippen LogP contribution in [0.25, 0.3) is 0 Å². The third-order valence-electron chi connectivity index (χ3n) is 4.97. The molecule has 1 amide bonds. The summed E-state index contributed by atoms with van der Waals surface area (Å²) in [6, 6.07) is 19.3. The Morgan fingerprint density at radius 2 is 1.90 bits per heavy atom. The van der Waals surface area contributed by atoms with Gasteiger partial charge in [0, 0.05) is 35.6 Å². The van der Waals surface area contributed by atoms with Crippen LogP contribution in [-0.4, -0.2) is 40.5 Å². The molecule has 1 aliphatic heterocycles. The van der Waals surface area contributed by atoms with Crippen molar-refractivity contribution in [3.05, 3.63) is 94.5 Å². The first-order valence-corrected chi connectivity index (χ1v) is 10.1. The minimum absolute atomic E-state index is 0.0595. The summed E-state index contributed by atoms with van der Waals surface area (Å²) in [7, 11) is 0. The van der Waals surface area contributed by atoms with Gasteiger partial charge in [-0.05, 0) is 35.9 Å². The summed E-state index contributed by atoms with van der Waals surface area (Å²) < 4.78 is 5.93. The largest absolute Gasteiger partial charge is 0.368 e. The number of aromatic nitrogens is 2. The summed E-state index contributed by atoms with van der Waals surface area (Å²) in [4.78, 5) is 23.5. The molecule has 1 saturated heterocycles. The number of pyridine rings is 2. The van der Waals surface area contributed by atoms with E-state index in [0.717, 1.165) is 27.7 Å². The molecule has 1 aromatic carbocycles. The quantitative estimate of drug-likeness (QED) is 0.644. The van der Waals surface area contributed by atoms with Crippen LogP contribution in [0.15, 0.2) is 66.9 Å². The maximum absolute atomic E-state index is 12.7. The molecule has 0 bridgehead atoms. The van der Waals surface area contributed by atoms with Crippen LogP contribution >= 0.6 is 11.6 Å². The van der Waals surface area contributed by atoms with Crippen LogP contribution in [0.2, 0.25) is 5.02 Å². The van der Waals surface area contributed by atoms with E-state index < -0.39 is 0 Å². The molecule has 0 radical (unpaired) electrons. The summed E-state index contributed by atoms with van der Waals surface area (Å²) in [6.45, 7) is 1.57. The number of hydrogen-bond acceptors (Lipinski definition) is 4. The minimum Gasteiger partial charge on any atom is -0.368 e. The molecule has 0 spiro atoms. The van der Waals surface area contributed by atoms with Crippen LogP contribution in [0, 0.1) is 0 Å². The summed E-state index contributed by atoms with van der Waals surface area (Å²) in [5, 5.41) is 0.736. The molecule has 3 aromatic rings. The number of ether oxygens (including phenoxy) is 1. The van der Waals surface area contributed by atoms with E-state index in [2.05, 4.69) is 4.98 Å². The van der Waals surface area contributed by atoms with Crippen LogP contribution in [0.1, 0.15) is 28.7 Å². The molecule has 3 heterocycles. The molecule has 148 valence electrons. The van der Waals surface area contributed by atoms with E-state index in [-0.39, 0.29) is 12.0 Å². The molecule has 0 saturated carbocycles. The van der Waals surface area contributed by atoms with Crippen LogP contribution in [-0.2, 0) is 22.4 Å². The highest BCUT2D eigenvalue weighted by molar-refractivity contribution is 6.31. The van der Waals surface area contributed by atoms with Gasteiger partial charge in [0.2, 0.25) is 5.91 Å². The number of morpholine rings is 1. The van der Waals surface area contributed by atoms with Gasteiger partial charge in [0.05, 0.1) is 25.3 Å². The smallest absolute Gasteiger partial charge is 0.228 e. The highest BCUT2D eigenvalue weighted by Crippen LogP contribution is 2.23. The molecule has 1 unspecified atom stereocenters. The van der Waals surface area contributed by atoms with Gasteiger partial charge >= 0.3 is 0 Å². The fraction of sp³-hybridized carbons (Fsp3) is 0.261. The topological polar surface area (TPSA) is 55.3 Å². The van der Waals surface area contributed by atoms with Gasteiger partial charge in [0.25, 0.3) is 0 Å². The predicted molar refractivity (Wildman–Crippen MR) is 112 cm³/mol. The number of hydrogen-bond donors (Lipinski definition) is 0. The van der Waals surface area contributed by atoms with Crippen molar-refractivity contribution < 1.29 is 9.53 Å². The SMILES string of the molecule is O=C(Cc1ccccn1)N1CCOC(c2cccc(Cc3ccccc3Cl)n2)C1. The Balaban J connectivity index is 1.44. The number of carbonyl (C=O) groups is 1. The summed E-state index contributed by atoms with van der Waals surface area (Å²) in [5.74, 6) is 0.0595. The second kappa shape index (κ2) is 9.16. The van der Waals surface area contributed by atoms with Crippen LogP contribution < -0.4 is 0 Å². The van der Waals surface area contributed by atoms with Gasteiger partial charge in [-0.1, -0.05) is 41.9 Å². The Bertz CT molecular complexity index is 981. The second-order valence-corrected chi connectivity index (χ2v) is 7.43. The van der Waals surface area contributed by atoms with E-state index in [1.54, 1.807) is 6.20 Å². The number of carbonyl (C=O) groups excluding carboxylic acids is 1. The molecule has 1 fully saturated rings. The normalized spacial score (nSPS) is 16.6. The van der Waals surface area contributed by atoms with Crippen molar-refractivity contribution >= 4 is 17.5 Å². The van der Waals surface area contributed by atoms with E-state index in [1.165, 1.54) is 0 Å². The molecule has 1 aliphatic rings. The lowest BCUT2D eigenvalue weighted by molar-refractivity contribution is -0.138. The Hall–Kier alpha value is -2.76. The highest BCUT2D eigenvalue weighted by Gasteiger charge is 2.26. The average Bonchev–Trinajstić information content (AvgIpc) is 2.76. The van der Waals surface area contributed by atoms with Gasteiger partial charge in [0.15, 0.2) is 0 Å². The number of rotatable bonds is 5. The van der Waals surface area contributed by atoms with Crippen molar-refractivity contribution in [1.29, 1.82) is 0 Å². The van der Waals surface area contributed by atoms with E-state index in [9.17, 15) is 4.79 Å². The highest BCUT2D eigenvalue weighted by atomic mass is 35.5. The third-order valence-corrected chi connectivity index (χ3v) is 5.33. The van der Waals surface area contributed by atoms with Gasteiger partial charge in [-0.2, -0.15) is 0 Å². The van der Waals surface area contributed by atoms with E-state index in [1.807, 2.05) is 65.6 Å². The number of halogens is 1. The Labute approximate surface area is 175 Å². The molecular weight excluding hydrogens is 386 g/mol. The molecule has 2 aromatic heterocycles. The van der Waals surface area contributed by atoms with Crippen LogP contribution in [0.4, 0.5) is 0 Å². The monoisotopic (exact) mass is 407 g/mol. The minimum atomic E-state index is -0.234. The predicted octanol–water partition coefficient (Wildman–Crippen LogP) is 3.86. The van der Waals surface area contributed by atoms with Gasteiger partial charge < -0.3 is 9.64 Å². The maximum atomic E-state index is 12.7. The third kappa shape index (κ3) is 5.00. The van der Waals surface area contributed by atoms with Gasteiger partial charge in [-0.25, -0.2) is 0 Å². The van der Waals surface area contributed by atoms with Crippen molar-refractivity contribution in [1.82, 2.24) is 14.9 Å². The molecular formula is C23H22ClN3O2. The number of amides is 1. The van der Waals surface area contributed by atoms with E-state index in [0.29, 0.717) is 32.5 Å². The Kier molecular flexibility index (Phi) is 6.17. The average molecular weight is 408 g/mol. The lowest BCUT2D eigenvalue weighted by Crippen LogP contribution is -2.43. The first-order valence-electron chi connectivity index (χ1n) is 9.67. The van der Waals surface area contributed by atoms with Crippen molar-refractivity contribution in [3.63, 3.8) is 0 Å². The lowest BCUT2D eigenvalue weighted by Gasteiger charge is -2.32. The van der Waals surface area contributed by atoms with Crippen molar-refractivity contribution in [2.24, 2.45) is 0 Å². The molecule has 0 N–H and O–H groups in total. The Morgan fingerprint density at radius 1 is 1.07 bits per heavy atom. The van der Waals surface area contributed by atoms with Gasteiger partial charge in [-0.15, -0.1) is 0 Å². The van der Waals surface area contributed by atoms with E-state index >= 15 is 0 Å². The first-order chi connectivity index (χ1) is 14.2. The molecule has 0 aliphatic carbocycles. The standard InChI is InChI=1S/C23H22ClN3O2/c24-20-9-2-1-6-17(20)14-19-8-5-10-21(26-19)22-16-27(12-13-29-22)23(28)15-18-7-3-4-11-25-18/h1-11,22H,12-16H2. The molecule has 29 heavy (non-hydrogen) atoms. The summed E-state index contributed by atoms with van der Waals surface area (Å²) >= 11 is 6.28. The zero-order valence-electron chi connectivity index (χ0n) is 16.0. The van der Waals surface area contributed by atoms with Crippen LogP contribution in [0.5, 0.6) is 0 Å². The molecule has 1 atom stereocenters. The van der Waals surface area contributed by atoms with Gasteiger partial charge in [0.1, 0.15) is 6.10 Å². The number of benzene rings is 1. The van der Waals surface area contributed by atoms with Crippen LogP contribution in [0.3, 0.4) is 0 Å². The zero-order chi connectivity index (χ0) is 20.1. The second-order valence-electron chi connectivity index (χ2n) is 7.02. The molecule has 6 heteroatoms.